The predicted octanol–water partition coefficient (Wildman–Crippen LogP) is 6.30. The van der Waals surface area contributed by atoms with Crippen LogP contribution in [0.1, 0.15) is 24.3 Å². The van der Waals surface area contributed by atoms with Crippen molar-refractivity contribution < 1.29 is 4.79 Å². The summed E-state index contributed by atoms with van der Waals surface area (Å²) in [5.74, 6) is 1.07. The molecule has 0 aliphatic heterocycles. The number of carbonyl (C=O) groups is 1. The molecular formula is C25H26N4OS2. The summed E-state index contributed by atoms with van der Waals surface area (Å²) in [5.41, 5.74) is 5.52. The summed E-state index contributed by atoms with van der Waals surface area (Å²) in [4.78, 5) is 13.7. The fourth-order valence-corrected chi connectivity index (χ4v) is 5.28. The molecule has 0 unspecified atom stereocenters. The number of anilines is 1. The highest BCUT2D eigenvalue weighted by Crippen LogP contribution is 2.39. The summed E-state index contributed by atoms with van der Waals surface area (Å²) in [6.07, 6.45) is 0.981. The molecule has 2 aromatic heterocycles. The number of nitrogens with zero attached hydrogens (tertiary/aromatic N) is 3. The molecule has 0 spiro atoms. The third-order valence-corrected chi connectivity index (χ3v) is 7.17. The van der Waals surface area contributed by atoms with Crippen LogP contribution in [0.2, 0.25) is 0 Å². The van der Waals surface area contributed by atoms with Gasteiger partial charge in [-0.25, -0.2) is 0 Å². The number of thiophene rings is 1. The first kappa shape index (κ1) is 22.3. The number of hydrogen-bond donors (Lipinski definition) is 1. The molecule has 0 atom stereocenters. The van der Waals surface area contributed by atoms with E-state index in [9.17, 15) is 4.79 Å². The van der Waals surface area contributed by atoms with E-state index in [0.29, 0.717) is 0 Å². The van der Waals surface area contributed by atoms with E-state index >= 15 is 0 Å². The third kappa shape index (κ3) is 4.79. The van der Waals surface area contributed by atoms with Gasteiger partial charge in [-0.3, -0.25) is 4.79 Å². The molecule has 1 N–H and O–H groups in total. The Morgan fingerprint density at radius 1 is 1.06 bits per heavy atom. The molecule has 0 saturated heterocycles. The van der Waals surface area contributed by atoms with E-state index in [1.165, 1.54) is 33.3 Å². The molecule has 0 aliphatic carbocycles. The highest BCUT2D eigenvalue weighted by atomic mass is 32.2. The van der Waals surface area contributed by atoms with Crippen LogP contribution in [0.25, 0.3) is 22.5 Å². The Morgan fingerprint density at radius 3 is 2.50 bits per heavy atom. The van der Waals surface area contributed by atoms with Crippen molar-refractivity contribution in [1.82, 2.24) is 14.8 Å². The molecule has 0 saturated carbocycles. The Balaban J connectivity index is 1.51. The second-order valence-corrected chi connectivity index (χ2v) is 9.41. The highest BCUT2D eigenvalue weighted by molar-refractivity contribution is 7.99. The van der Waals surface area contributed by atoms with E-state index in [4.69, 9.17) is 0 Å². The Morgan fingerprint density at radius 2 is 1.81 bits per heavy atom. The zero-order chi connectivity index (χ0) is 22.5. The van der Waals surface area contributed by atoms with E-state index < -0.39 is 0 Å². The summed E-state index contributed by atoms with van der Waals surface area (Å²) < 4.78 is 2.09. The average Bonchev–Trinajstić information content (AvgIpc) is 3.41. The summed E-state index contributed by atoms with van der Waals surface area (Å²) in [7, 11) is 0. The van der Waals surface area contributed by atoms with Crippen molar-refractivity contribution in [1.29, 1.82) is 0 Å². The Hall–Kier alpha value is -2.90. The van der Waals surface area contributed by atoms with Crippen LogP contribution < -0.4 is 5.32 Å². The van der Waals surface area contributed by atoms with Gasteiger partial charge in [-0.2, -0.15) is 0 Å². The lowest BCUT2D eigenvalue weighted by molar-refractivity contribution is -0.113. The Labute approximate surface area is 196 Å². The van der Waals surface area contributed by atoms with Crippen LogP contribution in [-0.2, 0) is 17.8 Å². The maximum absolute atomic E-state index is 12.5. The van der Waals surface area contributed by atoms with E-state index in [0.717, 1.165) is 35.2 Å². The molecule has 32 heavy (non-hydrogen) atoms. The number of nitrogens with one attached hydrogen (secondary N) is 1. The van der Waals surface area contributed by atoms with Crippen molar-refractivity contribution in [2.24, 2.45) is 0 Å². The number of amides is 1. The molecule has 1 amide bonds. The quantitative estimate of drug-likeness (QED) is 0.312. The lowest BCUT2D eigenvalue weighted by Crippen LogP contribution is -2.14. The van der Waals surface area contributed by atoms with Crippen molar-refractivity contribution in [3.8, 4) is 22.5 Å². The molecule has 0 radical (unpaired) electrons. The van der Waals surface area contributed by atoms with E-state index in [2.05, 4.69) is 70.5 Å². The Kier molecular flexibility index (Phi) is 7.07. The van der Waals surface area contributed by atoms with Gasteiger partial charge in [0.05, 0.1) is 5.75 Å². The van der Waals surface area contributed by atoms with Crippen molar-refractivity contribution in [2.45, 2.75) is 38.9 Å². The second kappa shape index (κ2) is 10.1. The lowest BCUT2D eigenvalue weighted by Gasteiger charge is -2.10. The Bertz CT molecular complexity index is 1200. The lowest BCUT2D eigenvalue weighted by atomic mass is 10.0. The first-order valence-corrected chi connectivity index (χ1v) is 12.6. The number of rotatable bonds is 8. The SMILES string of the molecule is CCc1ccc(NC(=O)CSc2nnc(-c3csc(C)c3-c3ccccc3)n2CC)cc1. The fourth-order valence-electron chi connectivity index (χ4n) is 3.61. The van der Waals surface area contributed by atoms with Crippen LogP contribution in [0.3, 0.4) is 0 Å². The second-order valence-electron chi connectivity index (χ2n) is 7.38. The minimum Gasteiger partial charge on any atom is -0.325 e. The first-order valence-electron chi connectivity index (χ1n) is 10.7. The molecule has 164 valence electrons. The number of carbonyl (C=O) groups excluding carboxylic acids is 1. The van der Waals surface area contributed by atoms with Gasteiger partial charge >= 0.3 is 0 Å². The normalized spacial score (nSPS) is 11.0. The van der Waals surface area contributed by atoms with Crippen LogP contribution >= 0.6 is 23.1 Å². The monoisotopic (exact) mass is 462 g/mol. The van der Waals surface area contributed by atoms with Gasteiger partial charge in [-0.1, -0.05) is 61.2 Å². The van der Waals surface area contributed by atoms with Crippen LogP contribution in [-0.4, -0.2) is 26.4 Å². The number of thioether (sulfide) groups is 1. The van der Waals surface area contributed by atoms with Crippen molar-refractivity contribution in [2.75, 3.05) is 11.1 Å². The van der Waals surface area contributed by atoms with Gasteiger partial charge < -0.3 is 9.88 Å². The van der Waals surface area contributed by atoms with Crippen LogP contribution in [0.5, 0.6) is 0 Å². The highest BCUT2D eigenvalue weighted by Gasteiger charge is 2.20. The fraction of sp³-hybridized carbons (Fsp3) is 0.240. The number of aromatic nitrogens is 3. The topological polar surface area (TPSA) is 59.8 Å². The minimum absolute atomic E-state index is 0.0530. The molecule has 4 aromatic rings. The predicted molar refractivity (Wildman–Crippen MR) is 134 cm³/mol. The third-order valence-electron chi connectivity index (χ3n) is 5.29. The van der Waals surface area contributed by atoms with E-state index in [-0.39, 0.29) is 11.7 Å². The van der Waals surface area contributed by atoms with Gasteiger partial charge in [0.25, 0.3) is 0 Å². The summed E-state index contributed by atoms with van der Waals surface area (Å²) in [5, 5.41) is 14.8. The molecule has 7 heteroatoms. The first-order chi connectivity index (χ1) is 15.6. The molecule has 4 rings (SSSR count). The number of aryl methyl sites for hydroxylation is 2. The number of hydrogen-bond acceptors (Lipinski definition) is 5. The molecule has 0 fully saturated rings. The van der Waals surface area contributed by atoms with Gasteiger partial charge in [0.15, 0.2) is 11.0 Å². The molecular weight excluding hydrogens is 436 g/mol. The largest absolute Gasteiger partial charge is 0.325 e. The maximum atomic E-state index is 12.5. The summed E-state index contributed by atoms with van der Waals surface area (Å²) >= 11 is 3.13. The van der Waals surface area contributed by atoms with Gasteiger partial charge in [0.1, 0.15) is 0 Å². The van der Waals surface area contributed by atoms with Crippen LogP contribution in [0, 0.1) is 6.92 Å². The standard InChI is InChI=1S/C25H26N4OS2/c1-4-18-11-13-20(14-12-18)26-22(30)16-32-25-28-27-24(29(25)5-2)21-15-31-17(3)23(21)19-9-7-6-8-10-19/h6-15H,4-5,16H2,1-3H3,(H,26,30). The van der Waals surface area contributed by atoms with Crippen molar-refractivity contribution in [3.63, 3.8) is 0 Å². The maximum Gasteiger partial charge on any atom is 0.234 e. The molecule has 5 nitrogen and oxygen atoms in total. The number of benzene rings is 2. The molecule has 2 aromatic carbocycles. The van der Waals surface area contributed by atoms with Crippen LogP contribution in [0.15, 0.2) is 65.1 Å². The van der Waals surface area contributed by atoms with Gasteiger partial charge in [0.2, 0.25) is 5.91 Å². The average molecular weight is 463 g/mol. The smallest absolute Gasteiger partial charge is 0.234 e. The van der Waals surface area contributed by atoms with Gasteiger partial charge in [-0.05, 0) is 43.5 Å². The summed E-state index contributed by atoms with van der Waals surface area (Å²) in [6.45, 7) is 7.06. The van der Waals surface area contributed by atoms with Crippen molar-refractivity contribution >= 4 is 34.7 Å². The van der Waals surface area contributed by atoms with Gasteiger partial charge in [0, 0.05) is 33.6 Å². The van der Waals surface area contributed by atoms with E-state index in [1.807, 2.05) is 30.3 Å². The van der Waals surface area contributed by atoms with Crippen LogP contribution in [0.4, 0.5) is 5.69 Å². The van der Waals surface area contributed by atoms with Gasteiger partial charge in [-0.15, -0.1) is 21.5 Å². The zero-order valence-corrected chi connectivity index (χ0v) is 20.1. The van der Waals surface area contributed by atoms with E-state index in [1.54, 1.807) is 11.3 Å². The molecule has 0 aliphatic rings. The zero-order valence-electron chi connectivity index (χ0n) is 18.5. The minimum atomic E-state index is -0.0530. The molecule has 2 heterocycles. The summed E-state index contributed by atoms with van der Waals surface area (Å²) in [6, 6.07) is 18.3. The van der Waals surface area contributed by atoms with Crippen molar-refractivity contribution in [3.05, 3.63) is 70.4 Å². The molecule has 0 bridgehead atoms.